The van der Waals surface area contributed by atoms with Crippen molar-refractivity contribution in [1.29, 1.82) is 0 Å². The van der Waals surface area contributed by atoms with Crippen molar-refractivity contribution < 1.29 is 37.3 Å². The topological polar surface area (TPSA) is 111 Å². The fourth-order valence-corrected chi connectivity index (χ4v) is 10.3. The van der Waals surface area contributed by atoms with Crippen LogP contribution in [0.25, 0.3) is 0 Å². The molecular formula is C68H128N2O7P+. The van der Waals surface area contributed by atoms with E-state index in [1.807, 2.05) is 33.3 Å². The van der Waals surface area contributed by atoms with E-state index in [0.29, 0.717) is 17.4 Å². The summed E-state index contributed by atoms with van der Waals surface area (Å²) in [6.45, 7) is 6.90. The number of likely N-dealkylation sites (N-methyl/N-ethyl adjacent to an activating group) is 1. The van der Waals surface area contributed by atoms with Crippen LogP contribution in [0.2, 0.25) is 0 Å². The van der Waals surface area contributed by atoms with E-state index in [2.05, 4.69) is 74.7 Å². The number of phosphoric acid groups is 1. The Hall–Kier alpha value is -2.29. The van der Waals surface area contributed by atoms with E-state index in [9.17, 15) is 19.0 Å². The highest BCUT2D eigenvalue weighted by molar-refractivity contribution is 7.47. The second-order valence-electron chi connectivity index (χ2n) is 23.6. The van der Waals surface area contributed by atoms with Crippen molar-refractivity contribution in [2.75, 3.05) is 40.9 Å². The van der Waals surface area contributed by atoms with Gasteiger partial charge in [-0.25, -0.2) is 4.57 Å². The maximum Gasteiger partial charge on any atom is 0.472 e. The van der Waals surface area contributed by atoms with Crippen molar-refractivity contribution in [3.63, 3.8) is 0 Å². The Morgan fingerprint density at radius 3 is 1.24 bits per heavy atom. The number of hydrogen-bond donors (Lipinski definition) is 2. The van der Waals surface area contributed by atoms with Gasteiger partial charge in [0.2, 0.25) is 5.91 Å². The van der Waals surface area contributed by atoms with Gasteiger partial charge in [0.05, 0.1) is 33.8 Å². The van der Waals surface area contributed by atoms with E-state index in [4.69, 9.17) is 13.8 Å². The number of phosphoric ester groups is 1. The highest BCUT2D eigenvalue weighted by Gasteiger charge is 2.30. The molecule has 3 atom stereocenters. The smallest absolute Gasteiger partial charge is 0.456 e. The fourth-order valence-electron chi connectivity index (χ4n) is 9.60. The van der Waals surface area contributed by atoms with Gasteiger partial charge in [-0.15, -0.1) is 0 Å². The third-order valence-corrected chi connectivity index (χ3v) is 15.7. The molecule has 0 radical (unpaired) electrons. The minimum absolute atomic E-state index is 0.0390. The summed E-state index contributed by atoms with van der Waals surface area (Å²) >= 11 is 0. The quantitative estimate of drug-likeness (QED) is 0.0205. The molecule has 0 rings (SSSR count). The summed E-state index contributed by atoms with van der Waals surface area (Å²) in [6, 6.07) is -0.851. The molecule has 9 nitrogen and oxygen atoms in total. The van der Waals surface area contributed by atoms with Gasteiger partial charge in [-0.05, 0) is 89.5 Å². The van der Waals surface area contributed by atoms with Gasteiger partial charge in [0.25, 0.3) is 0 Å². The summed E-state index contributed by atoms with van der Waals surface area (Å²) in [5.74, 6) is -0.506. The predicted octanol–water partition coefficient (Wildman–Crippen LogP) is 20.6. The van der Waals surface area contributed by atoms with Crippen LogP contribution in [0.3, 0.4) is 0 Å². The van der Waals surface area contributed by atoms with Crippen LogP contribution in [0.5, 0.6) is 0 Å². The molecular weight excluding hydrogens is 988 g/mol. The van der Waals surface area contributed by atoms with Crippen molar-refractivity contribution in [1.82, 2.24) is 5.32 Å². The van der Waals surface area contributed by atoms with E-state index in [-0.39, 0.29) is 31.5 Å². The van der Waals surface area contributed by atoms with Crippen LogP contribution in [0.1, 0.15) is 310 Å². The van der Waals surface area contributed by atoms with Crippen molar-refractivity contribution in [3.8, 4) is 0 Å². The van der Waals surface area contributed by atoms with Gasteiger partial charge in [0.1, 0.15) is 19.3 Å². The zero-order valence-corrected chi connectivity index (χ0v) is 53.1. The van der Waals surface area contributed by atoms with Crippen LogP contribution < -0.4 is 5.32 Å². The zero-order chi connectivity index (χ0) is 57.2. The minimum Gasteiger partial charge on any atom is -0.456 e. The van der Waals surface area contributed by atoms with Gasteiger partial charge in [-0.1, -0.05) is 268 Å². The molecule has 0 bridgehead atoms. The van der Waals surface area contributed by atoms with Gasteiger partial charge < -0.3 is 19.4 Å². The summed E-state index contributed by atoms with van der Waals surface area (Å²) in [5, 5.41) is 3.06. The molecule has 0 spiro atoms. The third-order valence-electron chi connectivity index (χ3n) is 14.7. The first-order valence-electron chi connectivity index (χ1n) is 33.1. The summed E-state index contributed by atoms with van der Waals surface area (Å²) in [4.78, 5) is 37.7. The Kier molecular flexibility index (Phi) is 56.2. The Morgan fingerprint density at radius 1 is 0.462 bits per heavy atom. The van der Waals surface area contributed by atoms with E-state index in [0.717, 1.165) is 89.9 Å². The standard InChI is InChI=1S/C68H127N2O7P/c1-7-10-13-16-19-22-25-27-29-30-31-32-33-34-35-36-37-38-39-40-41-42-45-48-51-54-57-60-67(71)69-65(64-76-78(73,74)75-63-62-70(4,5)6)66(59-56-53-50-47-44-24-21-18-15-12-9-3)77-68(72)61-58-55-52-49-46-43-28-26-23-20-17-14-11-8-2/h11,14,19-20,22-23,27,29,56,59,65-66H,7-10,12-13,15-18,21,24-26,28,30-55,57-58,60-64H2,1-6H3,(H-,69,71,73,74)/p+1/b14-11+,22-19-,23-20+,29-27-,59-56-. The molecule has 456 valence electrons. The Balaban J connectivity index is 4.97. The molecule has 0 aromatic heterocycles. The van der Waals surface area contributed by atoms with E-state index in [1.54, 1.807) is 0 Å². The first-order valence-corrected chi connectivity index (χ1v) is 34.6. The maximum atomic E-state index is 13.6. The third kappa shape index (κ3) is 58.4. The number of carbonyl (C=O) groups is 2. The molecule has 0 aromatic rings. The second kappa shape index (κ2) is 57.9. The molecule has 3 unspecified atom stereocenters. The average molecular weight is 1120 g/mol. The summed E-state index contributed by atoms with van der Waals surface area (Å²) in [5.41, 5.74) is 0. The number of nitrogens with zero attached hydrogens (tertiary/aromatic N) is 1. The SMILES string of the molecule is CC/C=C/C/C=C/CCCCCCCCCC(=O)OC(/C=C\CCCCCCCCCCC)C(COP(=O)(O)OCC[N+](C)(C)C)NC(=O)CCCCCCCCCCCCCCCCCCC/C=C\C/C=C\CCCCC. The van der Waals surface area contributed by atoms with Crippen molar-refractivity contribution >= 4 is 19.7 Å². The number of rotatable bonds is 60. The fraction of sp³-hybridized carbons (Fsp3) is 0.824. The lowest BCUT2D eigenvalue weighted by atomic mass is 10.0. The van der Waals surface area contributed by atoms with Gasteiger partial charge in [0, 0.05) is 12.8 Å². The Morgan fingerprint density at radius 2 is 0.821 bits per heavy atom. The van der Waals surface area contributed by atoms with Crippen molar-refractivity contribution in [2.45, 2.75) is 322 Å². The van der Waals surface area contributed by atoms with Gasteiger partial charge in [-0.2, -0.15) is 0 Å². The molecule has 0 heterocycles. The molecule has 10 heteroatoms. The molecule has 0 fully saturated rings. The van der Waals surface area contributed by atoms with Gasteiger partial charge in [-0.3, -0.25) is 18.6 Å². The van der Waals surface area contributed by atoms with Gasteiger partial charge >= 0.3 is 13.8 Å². The van der Waals surface area contributed by atoms with Crippen LogP contribution >= 0.6 is 7.82 Å². The molecule has 0 aliphatic carbocycles. The van der Waals surface area contributed by atoms with E-state index in [1.165, 1.54) is 186 Å². The monoisotopic (exact) mass is 1120 g/mol. The van der Waals surface area contributed by atoms with E-state index >= 15 is 0 Å². The number of amides is 1. The highest BCUT2D eigenvalue weighted by atomic mass is 31.2. The van der Waals surface area contributed by atoms with E-state index < -0.39 is 20.0 Å². The number of quaternary nitrogens is 1. The van der Waals surface area contributed by atoms with Crippen molar-refractivity contribution in [3.05, 3.63) is 60.8 Å². The molecule has 2 N–H and O–H groups in total. The number of allylic oxidation sites excluding steroid dienone is 9. The van der Waals surface area contributed by atoms with Crippen LogP contribution in [-0.2, 0) is 27.9 Å². The second-order valence-corrected chi connectivity index (χ2v) is 25.1. The number of hydrogen-bond acceptors (Lipinski definition) is 6. The normalized spacial score (nSPS) is 14.0. The molecule has 78 heavy (non-hydrogen) atoms. The minimum atomic E-state index is -4.45. The number of carbonyl (C=O) groups excluding carboxylic acids is 2. The van der Waals surface area contributed by atoms with Gasteiger partial charge in [0.15, 0.2) is 0 Å². The lowest BCUT2D eigenvalue weighted by molar-refractivity contribution is -0.870. The largest absolute Gasteiger partial charge is 0.472 e. The van der Waals surface area contributed by atoms with Crippen LogP contribution in [0, 0.1) is 0 Å². The van der Waals surface area contributed by atoms with Crippen LogP contribution in [0.15, 0.2) is 60.8 Å². The molecule has 0 saturated heterocycles. The first kappa shape index (κ1) is 75.7. The predicted molar refractivity (Wildman–Crippen MR) is 337 cm³/mol. The lowest BCUT2D eigenvalue weighted by Gasteiger charge is -2.27. The number of ether oxygens (including phenoxy) is 1. The molecule has 1 amide bonds. The maximum absolute atomic E-state index is 13.6. The summed E-state index contributed by atoms with van der Waals surface area (Å²) in [6.07, 6.45) is 73.8. The summed E-state index contributed by atoms with van der Waals surface area (Å²) < 4.78 is 30.7. The van der Waals surface area contributed by atoms with Crippen LogP contribution in [-0.4, -0.2) is 74.3 Å². The first-order chi connectivity index (χ1) is 37.9. The number of unbranched alkanes of at least 4 members (excludes halogenated alkanes) is 36. The number of nitrogens with one attached hydrogen (secondary N) is 1. The zero-order valence-electron chi connectivity index (χ0n) is 52.2. The molecule has 0 saturated carbocycles. The average Bonchev–Trinajstić information content (AvgIpc) is 3.40. The lowest BCUT2D eigenvalue weighted by Crippen LogP contribution is -2.47. The van der Waals surface area contributed by atoms with Crippen LogP contribution in [0.4, 0.5) is 0 Å². The Bertz CT molecular complexity index is 1520. The molecule has 0 aromatic carbocycles. The van der Waals surface area contributed by atoms with Crippen molar-refractivity contribution in [2.24, 2.45) is 0 Å². The molecule has 0 aliphatic rings. The highest BCUT2D eigenvalue weighted by Crippen LogP contribution is 2.43. The Labute approximate surface area is 483 Å². The number of esters is 1. The molecule has 0 aliphatic heterocycles. The summed E-state index contributed by atoms with van der Waals surface area (Å²) in [7, 11) is 1.50.